The van der Waals surface area contributed by atoms with Crippen LogP contribution in [0.1, 0.15) is 34.6 Å². The predicted molar refractivity (Wildman–Crippen MR) is 136 cm³/mol. The number of hydrogen-bond donors (Lipinski definition) is 2. The summed E-state index contributed by atoms with van der Waals surface area (Å²) in [5, 5.41) is 19.2. The Balaban J connectivity index is 1.67. The van der Waals surface area contributed by atoms with Crippen molar-refractivity contribution in [1.82, 2.24) is 13.7 Å². The summed E-state index contributed by atoms with van der Waals surface area (Å²) >= 11 is 6.18. The number of benzene rings is 2. The molecule has 0 bridgehead atoms. The lowest BCUT2D eigenvalue weighted by atomic mass is 10.1. The van der Waals surface area contributed by atoms with Crippen molar-refractivity contribution in [2.75, 3.05) is 6.61 Å². The molecule has 0 aliphatic carbocycles. The first kappa shape index (κ1) is 27.9. The fourth-order valence-corrected chi connectivity index (χ4v) is 4.11. The highest BCUT2D eigenvalue weighted by Crippen LogP contribution is 2.23. The van der Waals surface area contributed by atoms with Crippen LogP contribution in [0.3, 0.4) is 0 Å². The molecule has 4 aromatic rings. The van der Waals surface area contributed by atoms with Crippen LogP contribution in [0.4, 0.5) is 8.78 Å². The zero-order chi connectivity index (χ0) is 28.6. The number of imidazole rings is 1. The lowest BCUT2D eigenvalue weighted by molar-refractivity contribution is 0.0391. The van der Waals surface area contributed by atoms with Crippen LogP contribution in [0.2, 0.25) is 5.02 Å². The largest absolute Gasteiger partial charge is 0.487 e. The van der Waals surface area contributed by atoms with Gasteiger partial charge < -0.3 is 19.5 Å². The first-order valence-electron chi connectivity index (χ1n) is 11.5. The normalized spacial score (nSPS) is 11.7. The molecule has 0 atom stereocenters. The fourth-order valence-electron chi connectivity index (χ4n) is 3.88. The predicted octanol–water partition coefficient (Wildman–Crippen LogP) is 2.57. The average Bonchev–Trinajstić information content (AvgIpc) is 3.16. The van der Waals surface area contributed by atoms with E-state index in [0.717, 1.165) is 6.07 Å². The summed E-state index contributed by atoms with van der Waals surface area (Å²) in [5.41, 5.74) is -3.17. The van der Waals surface area contributed by atoms with Crippen LogP contribution in [0, 0.1) is 11.6 Å². The average molecular weight is 562 g/mol. The monoisotopic (exact) mass is 561 g/mol. The van der Waals surface area contributed by atoms with Gasteiger partial charge in [0.25, 0.3) is 17.4 Å². The summed E-state index contributed by atoms with van der Waals surface area (Å²) in [7, 11) is 0. The minimum Gasteiger partial charge on any atom is -0.487 e. The summed E-state index contributed by atoms with van der Waals surface area (Å²) in [6, 6.07) is 8.63. The van der Waals surface area contributed by atoms with E-state index in [4.69, 9.17) is 16.3 Å². The van der Waals surface area contributed by atoms with Gasteiger partial charge in [-0.1, -0.05) is 17.7 Å². The van der Waals surface area contributed by atoms with E-state index < -0.39 is 46.9 Å². The van der Waals surface area contributed by atoms with Crippen molar-refractivity contribution in [2.24, 2.45) is 0 Å². The van der Waals surface area contributed by atoms with Gasteiger partial charge in [0, 0.05) is 17.8 Å². The van der Waals surface area contributed by atoms with Crippen molar-refractivity contribution in [1.29, 1.82) is 0 Å². The van der Waals surface area contributed by atoms with E-state index >= 15 is 0 Å². The van der Waals surface area contributed by atoms with Crippen LogP contribution in [-0.2, 0) is 13.2 Å². The number of aromatic nitrogens is 3. The second-order valence-corrected chi connectivity index (χ2v) is 9.52. The maximum absolute atomic E-state index is 13.9. The standard InChI is InChI=1S/C26H22ClF2N3O7/c1-26(2,38)24(36)32-18-6-3-14(9-19(18)31(25(32)37)21(34)12-33)11-30-8-7-20(22(27)23(30)35)39-13-15-4-5-16(28)10-17(15)29/h3-10,33,38H,11-13H2,1-2H3. The Hall–Kier alpha value is -4.13. The van der Waals surface area contributed by atoms with Crippen LogP contribution >= 0.6 is 11.6 Å². The second-order valence-electron chi connectivity index (χ2n) is 9.14. The van der Waals surface area contributed by atoms with Gasteiger partial charge in [0.1, 0.15) is 41.2 Å². The first-order chi connectivity index (χ1) is 18.3. The van der Waals surface area contributed by atoms with Gasteiger partial charge in [0.15, 0.2) is 0 Å². The summed E-state index contributed by atoms with van der Waals surface area (Å²) < 4.78 is 34.9. The number of aliphatic hydroxyl groups excluding tert-OH is 1. The number of carbonyl (C=O) groups excluding carboxylic acids is 2. The number of carbonyl (C=O) groups is 2. The molecule has 0 aliphatic rings. The first-order valence-corrected chi connectivity index (χ1v) is 11.8. The molecule has 2 aromatic carbocycles. The van der Waals surface area contributed by atoms with E-state index in [0.29, 0.717) is 20.8 Å². The third kappa shape index (κ3) is 5.39. The molecule has 0 aliphatic heterocycles. The van der Waals surface area contributed by atoms with Crippen LogP contribution in [0.25, 0.3) is 11.0 Å². The zero-order valence-corrected chi connectivity index (χ0v) is 21.4. The maximum atomic E-state index is 13.9. The summed E-state index contributed by atoms with van der Waals surface area (Å²) in [5.74, 6) is -3.56. The van der Waals surface area contributed by atoms with Gasteiger partial charge in [-0.15, -0.1) is 0 Å². The van der Waals surface area contributed by atoms with Crippen LogP contribution < -0.4 is 16.0 Å². The number of halogens is 3. The quantitative estimate of drug-likeness (QED) is 0.354. The maximum Gasteiger partial charge on any atom is 0.343 e. The highest BCUT2D eigenvalue weighted by molar-refractivity contribution is 6.31. The second kappa shape index (κ2) is 10.6. The molecule has 13 heteroatoms. The van der Waals surface area contributed by atoms with Gasteiger partial charge in [0.05, 0.1) is 17.6 Å². The Morgan fingerprint density at radius 1 is 1.03 bits per heavy atom. The Bertz CT molecular complexity index is 1730. The van der Waals surface area contributed by atoms with E-state index in [9.17, 15) is 38.2 Å². The van der Waals surface area contributed by atoms with Crippen LogP contribution in [0.5, 0.6) is 5.75 Å². The van der Waals surface area contributed by atoms with E-state index in [1.54, 1.807) is 0 Å². The van der Waals surface area contributed by atoms with E-state index in [2.05, 4.69) is 0 Å². The topological polar surface area (TPSA) is 133 Å². The lowest BCUT2D eigenvalue weighted by Crippen LogP contribution is -2.42. The highest BCUT2D eigenvalue weighted by atomic mass is 35.5. The van der Waals surface area contributed by atoms with Gasteiger partial charge in [-0.3, -0.25) is 14.4 Å². The van der Waals surface area contributed by atoms with Crippen molar-refractivity contribution < 1.29 is 33.3 Å². The van der Waals surface area contributed by atoms with Crippen molar-refractivity contribution >= 4 is 34.4 Å². The molecule has 10 nitrogen and oxygen atoms in total. The number of ether oxygens (including phenoxy) is 1. The highest BCUT2D eigenvalue weighted by Gasteiger charge is 2.31. The molecule has 2 heterocycles. The molecule has 204 valence electrons. The van der Waals surface area contributed by atoms with Gasteiger partial charge in [-0.2, -0.15) is 0 Å². The Labute approximate surface area is 223 Å². The minimum absolute atomic E-state index is 0.0137. The molecular weight excluding hydrogens is 540 g/mol. The molecule has 2 N–H and O–H groups in total. The molecule has 0 saturated carbocycles. The number of fused-ring (bicyclic) bond motifs is 1. The van der Waals surface area contributed by atoms with Crippen molar-refractivity contribution in [3.8, 4) is 5.75 Å². The Kier molecular flexibility index (Phi) is 7.55. The molecule has 39 heavy (non-hydrogen) atoms. The van der Waals surface area contributed by atoms with Gasteiger partial charge in [0.2, 0.25) is 0 Å². The molecule has 0 fully saturated rings. The molecule has 2 aromatic heterocycles. The number of aliphatic hydroxyl groups is 2. The van der Waals surface area contributed by atoms with E-state index in [-0.39, 0.29) is 40.5 Å². The van der Waals surface area contributed by atoms with Crippen molar-refractivity contribution in [2.45, 2.75) is 32.6 Å². The van der Waals surface area contributed by atoms with E-state index in [1.165, 1.54) is 54.9 Å². The summed E-state index contributed by atoms with van der Waals surface area (Å²) in [6.45, 7) is 0.980. The number of pyridine rings is 1. The fraction of sp³-hybridized carbons (Fsp3) is 0.231. The van der Waals surface area contributed by atoms with Gasteiger partial charge >= 0.3 is 5.69 Å². The molecule has 4 rings (SSSR count). The van der Waals surface area contributed by atoms with Crippen molar-refractivity contribution in [3.63, 3.8) is 0 Å². The lowest BCUT2D eigenvalue weighted by Gasteiger charge is -2.15. The van der Waals surface area contributed by atoms with Gasteiger partial charge in [-0.05, 0) is 49.7 Å². The smallest absolute Gasteiger partial charge is 0.343 e. The summed E-state index contributed by atoms with van der Waals surface area (Å²) in [4.78, 5) is 50.8. The Morgan fingerprint density at radius 2 is 1.74 bits per heavy atom. The molecule has 0 amide bonds. The molecule has 0 unspecified atom stereocenters. The molecule has 0 radical (unpaired) electrons. The summed E-state index contributed by atoms with van der Waals surface area (Å²) in [6.07, 6.45) is 1.36. The molecular formula is C26H22ClF2N3O7. The SMILES string of the molecule is CC(C)(O)C(=O)n1c(=O)n(C(=O)CO)c2cc(Cn3ccc(OCc4ccc(F)cc4F)c(Cl)c3=O)ccc21. The zero-order valence-electron chi connectivity index (χ0n) is 20.7. The van der Waals surface area contributed by atoms with Crippen LogP contribution in [0.15, 0.2) is 58.3 Å². The van der Waals surface area contributed by atoms with Crippen LogP contribution in [-0.4, -0.2) is 47.9 Å². The van der Waals surface area contributed by atoms with E-state index in [1.807, 2.05) is 0 Å². The Morgan fingerprint density at radius 3 is 2.38 bits per heavy atom. The minimum atomic E-state index is -1.93. The molecule has 0 spiro atoms. The number of rotatable bonds is 7. The third-order valence-corrected chi connectivity index (χ3v) is 6.19. The third-order valence-electron chi connectivity index (χ3n) is 5.84. The number of hydrogen-bond acceptors (Lipinski definition) is 7. The van der Waals surface area contributed by atoms with Crippen molar-refractivity contribution in [3.05, 3.63) is 97.3 Å². The molecule has 0 saturated heterocycles. The number of nitrogens with zero attached hydrogens (tertiary/aromatic N) is 3. The van der Waals surface area contributed by atoms with Gasteiger partial charge in [-0.25, -0.2) is 22.7 Å².